The number of aromatic amines is 1. The number of carbonyl (C=O) groups excluding carboxylic acids is 1. The highest BCUT2D eigenvalue weighted by atomic mass is 32.1. The van der Waals surface area contributed by atoms with E-state index in [2.05, 4.69) is 25.9 Å². The second-order valence-electron chi connectivity index (χ2n) is 4.12. The fraction of sp³-hybridized carbons (Fsp3) is 0.667. The Kier molecular flexibility index (Phi) is 4.50. The fourth-order valence-electron chi connectivity index (χ4n) is 1.48. The van der Waals surface area contributed by atoms with Crippen LogP contribution in [0, 0.1) is 11.8 Å². The van der Waals surface area contributed by atoms with Crippen molar-refractivity contribution in [3.8, 4) is 0 Å². The Morgan fingerprint density at radius 2 is 2.12 bits per heavy atom. The average Bonchev–Trinajstić information content (AvgIpc) is 2.68. The van der Waals surface area contributed by atoms with Crippen LogP contribution in [0.1, 0.15) is 32.6 Å². The quantitative estimate of drug-likeness (QED) is 0.636. The van der Waals surface area contributed by atoms with Crippen LogP contribution in [0.4, 0.5) is 0 Å². The third-order valence-corrected chi connectivity index (χ3v) is 2.62. The molecule has 0 saturated carbocycles. The number of tetrazole rings is 1. The molecule has 1 aromatic heterocycles. The molecule has 0 saturated heterocycles. The van der Waals surface area contributed by atoms with Crippen molar-refractivity contribution >= 4 is 23.1 Å². The van der Waals surface area contributed by atoms with Crippen LogP contribution >= 0.6 is 12.2 Å². The Hall–Kier alpha value is -1.57. The van der Waals surface area contributed by atoms with E-state index < -0.39 is 5.92 Å². The summed E-state index contributed by atoms with van der Waals surface area (Å²) in [6.45, 7) is 5.55. The second kappa shape index (κ2) is 5.67. The van der Waals surface area contributed by atoms with Crippen molar-refractivity contribution < 1.29 is 4.79 Å². The minimum absolute atomic E-state index is 0.0463. The van der Waals surface area contributed by atoms with Crippen molar-refractivity contribution in [1.82, 2.24) is 25.9 Å². The molecule has 0 spiro atoms. The standard InChI is InChI=1S/C9H16N6OS/c1-4(2)6(7(10)17)9(16)11-5(3)8-12-14-15-13-8/h4-6H,1-3H3,(H2,10,17)(H,11,16)(H,12,13,14,15). The summed E-state index contributed by atoms with van der Waals surface area (Å²) >= 11 is 4.89. The molecule has 8 heteroatoms. The molecule has 2 unspecified atom stereocenters. The minimum Gasteiger partial charge on any atom is -0.393 e. The maximum Gasteiger partial charge on any atom is 0.230 e. The third kappa shape index (κ3) is 3.45. The number of H-pyrrole nitrogens is 1. The normalized spacial score (nSPS) is 14.4. The number of nitrogens with zero attached hydrogens (tertiary/aromatic N) is 3. The van der Waals surface area contributed by atoms with Gasteiger partial charge in [0.25, 0.3) is 0 Å². The zero-order chi connectivity index (χ0) is 13.0. The first kappa shape index (κ1) is 13.5. The Morgan fingerprint density at radius 3 is 2.53 bits per heavy atom. The molecule has 1 aromatic rings. The Balaban J connectivity index is 2.68. The van der Waals surface area contributed by atoms with E-state index in [1.165, 1.54) is 0 Å². The summed E-state index contributed by atoms with van der Waals surface area (Å²) in [7, 11) is 0. The summed E-state index contributed by atoms with van der Waals surface area (Å²) in [5, 5.41) is 16.1. The zero-order valence-corrected chi connectivity index (χ0v) is 10.8. The molecule has 0 aliphatic heterocycles. The molecule has 0 fully saturated rings. The van der Waals surface area contributed by atoms with Crippen LogP contribution in [0.5, 0.6) is 0 Å². The largest absolute Gasteiger partial charge is 0.393 e. The lowest BCUT2D eigenvalue weighted by molar-refractivity contribution is -0.124. The number of carbonyl (C=O) groups is 1. The first-order valence-corrected chi connectivity index (χ1v) is 5.67. The van der Waals surface area contributed by atoms with Crippen LogP contribution < -0.4 is 11.1 Å². The SMILES string of the molecule is CC(NC(=O)C(C(N)=S)C(C)C)c1nn[nH]n1. The molecular weight excluding hydrogens is 240 g/mol. The van der Waals surface area contributed by atoms with Gasteiger partial charge in [-0.05, 0) is 12.8 Å². The van der Waals surface area contributed by atoms with E-state index in [0.717, 1.165) is 0 Å². The van der Waals surface area contributed by atoms with Crippen molar-refractivity contribution in [3.63, 3.8) is 0 Å². The number of hydrogen-bond donors (Lipinski definition) is 3. The monoisotopic (exact) mass is 256 g/mol. The highest BCUT2D eigenvalue weighted by Gasteiger charge is 2.26. The maximum absolute atomic E-state index is 12.0. The van der Waals surface area contributed by atoms with Gasteiger partial charge in [0, 0.05) is 0 Å². The van der Waals surface area contributed by atoms with Crippen molar-refractivity contribution in [1.29, 1.82) is 0 Å². The molecule has 0 aliphatic carbocycles. The van der Waals surface area contributed by atoms with Gasteiger partial charge in [0.2, 0.25) is 5.91 Å². The molecule has 94 valence electrons. The van der Waals surface area contributed by atoms with E-state index in [4.69, 9.17) is 18.0 Å². The lowest BCUT2D eigenvalue weighted by Gasteiger charge is -2.20. The second-order valence-corrected chi connectivity index (χ2v) is 4.60. The van der Waals surface area contributed by atoms with Gasteiger partial charge < -0.3 is 11.1 Å². The highest BCUT2D eigenvalue weighted by molar-refractivity contribution is 7.80. The molecule has 2 atom stereocenters. The van der Waals surface area contributed by atoms with E-state index >= 15 is 0 Å². The molecule has 0 bridgehead atoms. The predicted octanol–water partition coefficient (Wildman–Crippen LogP) is -0.0648. The van der Waals surface area contributed by atoms with Gasteiger partial charge in [-0.3, -0.25) is 4.79 Å². The summed E-state index contributed by atoms with van der Waals surface area (Å²) in [4.78, 5) is 12.2. The van der Waals surface area contributed by atoms with Crippen LogP contribution in [0.3, 0.4) is 0 Å². The number of nitrogens with one attached hydrogen (secondary N) is 2. The van der Waals surface area contributed by atoms with Gasteiger partial charge in [-0.25, -0.2) is 0 Å². The van der Waals surface area contributed by atoms with E-state index in [0.29, 0.717) is 5.82 Å². The summed E-state index contributed by atoms with van der Waals surface area (Å²) in [5.74, 6) is -0.238. The van der Waals surface area contributed by atoms with Crippen molar-refractivity contribution in [3.05, 3.63) is 5.82 Å². The van der Waals surface area contributed by atoms with E-state index in [-0.39, 0.29) is 22.9 Å². The average molecular weight is 256 g/mol. The number of amides is 1. The number of nitrogens with two attached hydrogens (primary N) is 1. The maximum atomic E-state index is 12.0. The Labute approximate surface area is 105 Å². The van der Waals surface area contributed by atoms with E-state index in [1.807, 2.05) is 13.8 Å². The molecule has 1 amide bonds. The predicted molar refractivity (Wildman–Crippen MR) is 65.8 cm³/mol. The Bertz CT molecular complexity index is 390. The highest BCUT2D eigenvalue weighted by Crippen LogP contribution is 2.13. The van der Waals surface area contributed by atoms with Crippen LogP contribution in [0.2, 0.25) is 0 Å². The topological polar surface area (TPSA) is 110 Å². The molecule has 0 radical (unpaired) electrons. The van der Waals surface area contributed by atoms with E-state index in [1.54, 1.807) is 6.92 Å². The van der Waals surface area contributed by atoms with Gasteiger partial charge in [0.1, 0.15) is 0 Å². The van der Waals surface area contributed by atoms with Gasteiger partial charge in [-0.15, -0.1) is 10.2 Å². The van der Waals surface area contributed by atoms with Crippen LogP contribution in [-0.2, 0) is 4.79 Å². The molecule has 0 aromatic carbocycles. The van der Waals surface area contributed by atoms with Crippen molar-refractivity contribution in [2.75, 3.05) is 0 Å². The number of thiocarbonyl (C=S) groups is 1. The molecule has 1 rings (SSSR count). The van der Waals surface area contributed by atoms with Gasteiger partial charge >= 0.3 is 0 Å². The number of hydrogen-bond acceptors (Lipinski definition) is 5. The zero-order valence-electron chi connectivity index (χ0n) is 9.97. The Morgan fingerprint density at radius 1 is 1.47 bits per heavy atom. The first-order chi connectivity index (χ1) is 7.93. The van der Waals surface area contributed by atoms with Gasteiger partial charge in [0.15, 0.2) is 5.82 Å². The first-order valence-electron chi connectivity index (χ1n) is 5.26. The minimum atomic E-state index is -0.487. The van der Waals surface area contributed by atoms with Crippen LogP contribution in [-0.4, -0.2) is 31.5 Å². The van der Waals surface area contributed by atoms with Crippen molar-refractivity contribution in [2.45, 2.75) is 26.8 Å². The number of rotatable bonds is 5. The van der Waals surface area contributed by atoms with Crippen LogP contribution in [0.15, 0.2) is 0 Å². The smallest absolute Gasteiger partial charge is 0.230 e. The van der Waals surface area contributed by atoms with E-state index in [9.17, 15) is 4.79 Å². The lowest BCUT2D eigenvalue weighted by atomic mass is 9.94. The van der Waals surface area contributed by atoms with Gasteiger partial charge in [-0.1, -0.05) is 31.3 Å². The van der Waals surface area contributed by atoms with Crippen molar-refractivity contribution in [2.24, 2.45) is 17.6 Å². The summed E-state index contributed by atoms with van der Waals surface area (Å²) in [6, 6.07) is -0.336. The molecule has 4 N–H and O–H groups in total. The lowest BCUT2D eigenvalue weighted by Crippen LogP contribution is -2.41. The van der Waals surface area contributed by atoms with Gasteiger partial charge in [0.05, 0.1) is 16.9 Å². The number of aromatic nitrogens is 4. The summed E-state index contributed by atoms with van der Waals surface area (Å²) in [6.07, 6.45) is 0. The molecule has 17 heavy (non-hydrogen) atoms. The molecule has 7 nitrogen and oxygen atoms in total. The fourth-order valence-corrected chi connectivity index (χ4v) is 1.86. The third-order valence-electron chi connectivity index (χ3n) is 2.36. The summed E-state index contributed by atoms with van der Waals surface area (Å²) in [5.41, 5.74) is 5.55. The molecular formula is C9H16N6OS. The van der Waals surface area contributed by atoms with Crippen LogP contribution in [0.25, 0.3) is 0 Å². The molecule has 0 aliphatic rings. The molecule has 1 heterocycles. The summed E-state index contributed by atoms with van der Waals surface area (Å²) < 4.78 is 0. The van der Waals surface area contributed by atoms with Gasteiger partial charge in [-0.2, -0.15) is 5.21 Å².